The fraction of sp³-hybridized carbons (Fsp3) is 0.105. The van der Waals surface area contributed by atoms with Crippen molar-refractivity contribution in [1.82, 2.24) is 18.9 Å². The third kappa shape index (κ3) is 3.67. The molecule has 0 unspecified atom stereocenters. The first-order valence-electron chi connectivity index (χ1n) is 8.36. The van der Waals surface area contributed by atoms with Gasteiger partial charge in [-0.05, 0) is 48.1 Å². The Balaban J connectivity index is 1.59. The van der Waals surface area contributed by atoms with Crippen molar-refractivity contribution < 1.29 is 4.79 Å². The van der Waals surface area contributed by atoms with Crippen LogP contribution < -0.4 is 10.9 Å². The summed E-state index contributed by atoms with van der Waals surface area (Å²) < 4.78 is 6.03. The lowest BCUT2D eigenvalue weighted by atomic mass is 10.2. The molecule has 0 atom stereocenters. The van der Waals surface area contributed by atoms with E-state index in [9.17, 15) is 9.59 Å². The molecule has 0 aliphatic carbocycles. The van der Waals surface area contributed by atoms with Crippen molar-refractivity contribution in [2.75, 3.05) is 11.6 Å². The van der Waals surface area contributed by atoms with E-state index in [1.54, 1.807) is 18.0 Å². The van der Waals surface area contributed by atoms with Gasteiger partial charge in [-0.2, -0.15) is 4.37 Å². The number of nitrogens with one attached hydrogen (secondary N) is 1. The van der Waals surface area contributed by atoms with E-state index in [-0.39, 0.29) is 18.0 Å². The van der Waals surface area contributed by atoms with Crippen LogP contribution in [0.4, 0.5) is 5.69 Å². The van der Waals surface area contributed by atoms with Gasteiger partial charge in [-0.25, -0.2) is 4.98 Å². The van der Waals surface area contributed by atoms with Crippen LogP contribution in [0.5, 0.6) is 0 Å². The highest BCUT2D eigenvalue weighted by Gasteiger charge is 2.16. The summed E-state index contributed by atoms with van der Waals surface area (Å²) in [5.74, 6) is -0.295. The lowest BCUT2D eigenvalue weighted by Gasteiger charge is -2.08. The molecule has 0 fully saturated rings. The van der Waals surface area contributed by atoms with E-state index in [0.717, 1.165) is 16.4 Å². The molecule has 1 N–H and O–H groups in total. The zero-order chi connectivity index (χ0) is 19.5. The summed E-state index contributed by atoms with van der Waals surface area (Å²) in [7, 11) is 0. The number of anilines is 1. The van der Waals surface area contributed by atoms with Gasteiger partial charge in [0.05, 0.1) is 12.0 Å². The van der Waals surface area contributed by atoms with Crippen molar-refractivity contribution in [3.63, 3.8) is 0 Å². The van der Waals surface area contributed by atoms with Gasteiger partial charge in [0.25, 0.3) is 5.56 Å². The molecule has 0 spiro atoms. The largest absolute Gasteiger partial charge is 0.324 e. The molecule has 4 rings (SSSR count). The third-order valence-corrected chi connectivity index (χ3v) is 5.57. The molecule has 1 aromatic carbocycles. The van der Waals surface area contributed by atoms with Crippen molar-refractivity contribution in [2.45, 2.75) is 11.4 Å². The van der Waals surface area contributed by atoms with Crippen LogP contribution in [0.3, 0.4) is 0 Å². The molecule has 9 heteroatoms. The van der Waals surface area contributed by atoms with Crippen LogP contribution in [-0.4, -0.2) is 31.1 Å². The van der Waals surface area contributed by atoms with Gasteiger partial charge in [-0.15, -0.1) is 11.8 Å². The molecule has 0 saturated heterocycles. The monoisotopic (exact) mass is 409 g/mol. The molecule has 0 saturated carbocycles. The molecule has 7 nitrogen and oxygen atoms in total. The molecule has 0 aliphatic heterocycles. The minimum atomic E-state index is -0.295. The smallest absolute Gasteiger partial charge is 0.273 e. The number of amides is 1. The summed E-state index contributed by atoms with van der Waals surface area (Å²) in [5, 5.41) is 2.81. The number of fused-ring (bicyclic) bond motifs is 1. The van der Waals surface area contributed by atoms with Crippen molar-refractivity contribution in [1.29, 1.82) is 0 Å². The van der Waals surface area contributed by atoms with Crippen molar-refractivity contribution >= 4 is 45.1 Å². The number of aromatic nitrogens is 4. The van der Waals surface area contributed by atoms with Crippen LogP contribution in [0.25, 0.3) is 21.6 Å². The number of rotatable bonds is 5. The highest BCUT2D eigenvalue weighted by Crippen LogP contribution is 2.25. The standard InChI is InChI=1S/C19H15N5O2S2/c1-27-13-6-4-5-12(9-13)22-15(25)10-24-11-21-17-16(14-7-2-3-8-20-14)23-28-18(17)19(24)26/h2-9,11H,10H2,1H3,(H,22,25). The normalized spacial score (nSPS) is 10.9. The third-order valence-electron chi connectivity index (χ3n) is 4.02. The van der Waals surface area contributed by atoms with Gasteiger partial charge < -0.3 is 5.32 Å². The molecule has 0 bridgehead atoms. The van der Waals surface area contributed by atoms with E-state index in [2.05, 4.69) is 19.7 Å². The lowest BCUT2D eigenvalue weighted by molar-refractivity contribution is -0.116. The Morgan fingerprint density at radius 2 is 2.11 bits per heavy atom. The predicted octanol–water partition coefficient (Wildman–Crippen LogP) is 3.28. The van der Waals surface area contributed by atoms with Crippen LogP contribution in [0.15, 0.2) is 64.7 Å². The van der Waals surface area contributed by atoms with Crippen LogP contribution in [0.1, 0.15) is 0 Å². The molecule has 28 heavy (non-hydrogen) atoms. The van der Waals surface area contributed by atoms with E-state index in [4.69, 9.17) is 0 Å². The highest BCUT2D eigenvalue weighted by molar-refractivity contribution is 7.98. The summed E-state index contributed by atoms with van der Waals surface area (Å²) >= 11 is 2.66. The van der Waals surface area contributed by atoms with Crippen LogP contribution in [-0.2, 0) is 11.3 Å². The number of hydrogen-bond acceptors (Lipinski definition) is 7. The number of benzene rings is 1. The maximum absolute atomic E-state index is 12.8. The fourth-order valence-electron chi connectivity index (χ4n) is 2.70. The topological polar surface area (TPSA) is 89.8 Å². The van der Waals surface area contributed by atoms with Gasteiger partial charge in [-0.3, -0.25) is 19.1 Å². The second-order valence-corrected chi connectivity index (χ2v) is 7.53. The number of pyridine rings is 1. The average molecular weight is 409 g/mol. The summed E-state index contributed by atoms with van der Waals surface area (Å²) in [4.78, 5) is 34.8. The van der Waals surface area contributed by atoms with Gasteiger partial charge in [0, 0.05) is 16.8 Å². The molecule has 3 aromatic heterocycles. The number of nitrogens with zero attached hydrogens (tertiary/aromatic N) is 4. The van der Waals surface area contributed by atoms with Crippen LogP contribution >= 0.6 is 23.3 Å². The molecule has 3 heterocycles. The molecular formula is C19H15N5O2S2. The summed E-state index contributed by atoms with van der Waals surface area (Å²) in [6, 6.07) is 13.0. The quantitative estimate of drug-likeness (QED) is 0.509. The molecule has 1 amide bonds. The van der Waals surface area contributed by atoms with Gasteiger partial charge in [0.2, 0.25) is 5.91 Å². The Hall–Kier alpha value is -3.04. The minimum Gasteiger partial charge on any atom is -0.324 e. The Bertz CT molecular complexity index is 1200. The van der Waals surface area contributed by atoms with E-state index in [0.29, 0.717) is 27.3 Å². The van der Waals surface area contributed by atoms with Crippen molar-refractivity contribution in [3.8, 4) is 11.4 Å². The summed E-state index contributed by atoms with van der Waals surface area (Å²) in [5.41, 5.74) is 2.12. The second kappa shape index (κ2) is 7.91. The number of carbonyl (C=O) groups excluding carboxylic acids is 1. The number of thioether (sulfide) groups is 1. The van der Waals surface area contributed by atoms with E-state index >= 15 is 0 Å². The number of hydrogen-bond donors (Lipinski definition) is 1. The number of carbonyl (C=O) groups is 1. The van der Waals surface area contributed by atoms with Crippen LogP contribution in [0, 0.1) is 0 Å². The molecule has 4 aromatic rings. The van der Waals surface area contributed by atoms with E-state index < -0.39 is 0 Å². The Morgan fingerprint density at radius 3 is 2.89 bits per heavy atom. The lowest BCUT2D eigenvalue weighted by Crippen LogP contribution is -2.27. The molecule has 140 valence electrons. The minimum absolute atomic E-state index is 0.123. The predicted molar refractivity (Wildman–Crippen MR) is 112 cm³/mol. The van der Waals surface area contributed by atoms with Gasteiger partial charge in [0.1, 0.15) is 22.5 Å². The Kier molecular flexibility index (Phi) is 5.18. The first-order chi connectivity index (χ1) is 13.7. The average Bonchev–Trinajstić information content (AvgIpc) is 3.16. The van der Waals surface area contributed by atoms with Gasteiger partial charge in [0.15, 0.2) is 0 Å². The van der Waals surface area contributed by atoms with Crippen LogP contribution in [0.2, 0.25) is 0 Å². The maximum atomic E-state index is 12.8. The van der Waals surface area contributed by atoms with E-state index in [1.807, 2.05) is 48.7 Å². The first-order valence-corrected chi connectivity index (χ1v) is 10.4. The molecule has 0 aliphatic rings. The maximum Gasteiger partial charge on any atom is 0.273 e. The van der Waals surface area contributed by atoms with Gasteiger partial charge >= 0.3 is 0 Å². The Morgan fingerprint density at radius 1 is 1.21 bits per heavy atom. The highest BCUT2D eigenvalue weighted by atomic mass is 32.2. The fourth-order valence-corrected chi connectivity index (χ4v) is 3.95. The van der Waals surface area contributed by atoms with Crippen molar-refractivity contribution in [3.05, 3.63) is 65.3 Å². The second-order valence-electron chi connectivity index (χ2n) is 5.88. The summed E-state index contributed by atoms with van der Waals surface area (Å²) in [6.07, 6.45) is 5.01. The Labute approximate surface area is 168 Å². The van der Waals surface area contributed by atoms with E-state index in [1.165, 1.54) is 10.9 Å². The molecular weight excluding hydrogens is 394 g/mol. The SMILES string of the molecule is CSc1cccc(NC(=O)Cn2cnc3c(-c4ccccn4)nsc3c2=O)c1. The first kappa shape index (κ1) is 18.3. The zero-order valence-corrected chi connectivity index (χ0v) is 16.5. The molecule has 0 radical (unpaired) electrons. The summed E-state index contributed by atoms with van der Waals surface area (Å²) in [6.45, 7) is -0.123. The van der Waals surface area contributed by atoms with Crippen molar-refractivity contribution in [2.24, 2.45) is 0 Å². The van der Waals surface area contributed by atoms with Gasteiger partial charge in [-0.1, -0.05) is 12.1 Å². The zero-order valence-electron chi connectivity index (χ0n) is 14.8.